The third kappa shape index (κ3) is 3.17. The van der Waals surface area contributed by atoms with Crippen molar-refractivity contribution in [1.29, 1.82) is 0 Å². The molecule has 0 saturated heterocycles. The Labute approximate surface area is 109 Å². The molecule has 0 amide bonds. The lowest BCUT2D eigenvalue weighted by molar-refractivity contribution is 0.412. The minimum atomic E-state index is 0.229. The van der Waals surface area contributed by atoms with Crippen molar-refractivity contribution >= 4 is 15.9 Å². The van der Waals surface area contributed by atoms with Gasteiger partial charge in [0.2, 0.25) is 0 Å². The molecule has 2 aromatic rings. The second-order valence-electron chi connectivity index (χ2n) is 3.87. The van der Waals surface area contributed by atoms with E-state index in [1.54, 1.807) is 6.26 Å². The molecule has 90 valence electrons. The van der Waals surface area contributed by atoms with Gasteiger partial charge >= 0.3 is 0 Å². The van der Waals surface area contributed by atoms with Gasteiger partial charge in [-0.25, -0.2) is 0 Å². The largest absolute Gasteiger partial charge is 0.466 e. The molecule has 2 rings (SSSR count). The molecule has 0 spiro atoms. The van der Waals surface area contributed by atoms with Crippen molar-refractivity contribution < 1.29 is 4.42 Å². The van der Waals surface area contributed by atoms with Crippen molar-refractivity contribution in [3.8, 4) is 0 Å². The zero-order chi connectivity index (χ0) is 12.1. The van der Waals surface area contributed by atoms with E-state index in [1.807, 2.05) is 37.6 Å². The van der Waals surface area contributed by atoms with Crippen molar-refractivity contribution in [2.75, 3.05) is 7.05 Å². The third-order valence-electron chi connectivity index (χ3n) is 2.78. The highest BCUT2D eigenvalue weighted by atomic mass is 79.9. The average molecular weight is 295 g/mol. The molecule has 0 saturated carbocycles. The van der Waals surface area contributed by atoms with E-state index >= 15 is 0 Å². The van der Waals surface area contributed by atoms with Gasteiger partial charge in [-0.3, -0.25) is 4.98 Å². The first kappa shape index (κ1) is 12.3. The van der Waals surface area contributed by atoms with Crippen LogP contribution in [-0.2, 0) is 6.42 Å². The Kier molecular flexibility index (Phi) is 4.34. The van der Waals surface area contributed by atoms with Gasteiger partial charge in [0, 0.05) is 12.4 Å². The normalized spacial score (nSPS) is 12.6. The van der Waals surface area contributed by atoms with Crippen LogP contribution in [0.5, 0.6) is 0 Å². The van der Waals surface area contributed by atoms with Crippen LogP contribution in [-0.4, -0.2) is 12.0 Å². The molecule has 3 nitrogen and oxygen atoms in total. The Morgan fingerprint density at radius 2 is 2.12 bits per heavy atom. The molecular weight excluding hydrogens is 280 g/mol. The lowest BCUT2D eigenvalue weighted by atomic mass is 10.0. The number of nitrogens with one attached hydrogen (secondary N) is 1. The summed E-state index contributed by atoms with van der Waals surface area (Å²) < 4.78 is 6.50. The van der Waals surface area contributed by atoms with Crippen LogP contribution in [0, 0.1) is 0 Å². The summed E-state index contributed by atoms with van der Waals surface area (Å²) in [4.78, 5) is 4.02. The van der Waals surface area contributed by atoms with Crippen molar-refractivity contribution in [2.45, 2.75) is 18.9 Å². The summed E-state index contributed by atoms with van der Waals surface area (Å²) in [6, 6.07) is 6.24. The van der Waals surface area contributed by atoms with Crippen LogP contribution < -0.4 is 5.32 Å². The van der Waals surface area contributed by atoms with Gasteiger partial charge in [-0.2, -0.15) is 0 Å². The zero-order valence-corrected chi connectivity index (χ0v) is 11.3. The van der Waals surface area contributed by atoms with E-state index in [9.17, 15) is 0 Å². The van der Waals surface area contributed by atoms with Gasteiger partial charge in [-0.15, -0.1) is 0 Å². The van der Waals surface area contributed by atoms with E-state index in [-0.39, 0.29) is 6.04 Å². The predicted molar refractivity (Wildman–Crippen MR) is 70.8 cm³/mol. The Morgan fingerprint density at radius 1 is 1.35 bits per heavy atom. The summed E-state index contributed by atoms with van der Waals surface area (Å²) in [6.45, 7) is 0. The lowest BCUT2D eigenvalue weighted by Crippen LogP contribution is -2.16. The molecule has 2 heterocycles. The van der Waals surface area contributed by atoms with Crippen LogP contribution in [0.4, 0.5) is 0 Å². The molecule has 17 heavy (non-hydrogen) atoms. The van der Waals surface area contributed by atoms with Crippen LogP contribution >= 0.6 is 15.9 Å². The summed E-state index contributed by atoms with van der Waals surface area (Å²) in [6.07, 6.45) is 7.35. The molecule has 0 bridgehead atoms. The highest BCUT2D eigenvalue weighted by Crippen LogP contribution is 2.27. The van der Waals surface area contributed by atoms with E-state index in [2.05, 4.69) is 26.2 Å². The highest BCUT2D eigenvalue weighted by Gasteiger charge is 2.15. The van der Waals surface area contributed by atoms with Gasteiger partial charge < -0.3 is 9.73 Å². The zero-order valence-electron chi connectivity index (χ0n) is 9.69. The van der Waals surface area contributed by atoms with Gasteiger partial charge in [0.1, 0.15) is 5.76 Å². The van der Waals surface area contributed by atoms with Gasteiger partial charge in [0.05, 0.1) is 16.8 Å². The van der Waals surface area contributed by atoms with Crippen molar-refractivity contribution in [3.63, 3.8) is 0 Å². The number of pyridine rings is 1. The highest BCUT2D eigenvalue weighted by molar-refractivity contribution is 9.10. The van der Waals surface area contributed by atoms with Gasteiger partial charge in [-0.05, 0) is 59.6 Å². The molecule has 0 radical (unpaired) electrons. The van der Waals surface area contributed by atoms with E-state index in [1.165, 1.54) is 5.56 Å². The van der Waals surface area contributed by atoms with Crippen LogP contribution in [0.25, 0.3) is 0 Å². The maximum absolute atomic E-state index is 5.48. The fraction of sp³-hybridized carbons (Fsp3) is 0.308. The van der Waals surface area contributed by atoms with Crippen molar-refractivity contribution in [1.82, 2.24) is 10.3 Å². The second-order valence-corrected chi connectivity index (χ2v) is 4.72. The first-order chi connectivity index (χ1) is 8.31. The first-order valence-electron chi connectivity index (χ1n) is 5.60. The summed E-state index contributed by atoms with van der Waals surface area (Å²) >= 11 is 3.49. The topological polar surface area (TPSA) is 38.1 Å². The maximum atomic E-state index is 5.48. The van der Waals surface area contributed by atoms with Crippen LogP contribution in [0.3, 0.4) is 0 Å². The molecule has 0 aliphatic heterocycles. The van der Waals surface area contributed by atoms with Gasteiger partial charge in [0.15, 0.2) is 0 Å². The standard InChI is InChI=1S/C13H15BrN2O/c1-15-12(13-11(14)6-9-17-13)3-2-10-4-7-16-8-5-10/h4-9,12,15H,2-3H2,1H3. The third-order valence-corrected chi connectivity index (χ3v) is 3.44. The van der Waals surface area contributed by atoms with Crippen molar-refractivity contribution in [3.05, 3.63) is 52.7 Å². The number of aryl methyl sites for hydroxylation is 1. The predicted octanol–water partition coefficient (Wildman–Crippen LogP) is 3.33. The second kappa shape index (κ2) is 5.98. The molecule has 0 aliphatic rings. The Balaban J connectivity index is 2.00. The number of hydrogen-bond acceptors (Lipinski definition) is 3. The quantitative estimate of drug-likeness (QED) is 0.919. The SMILES string of the molecule is CNC(CCc1ccncc1)c1occc1Br. The monoisotopic (exact) mass is 294 g/mol. The molecule has 0 fully saturated rings. The maximum Gasteiger partial charge on any atom is 0.134 e. The Hall–Kier alpha value is -1.13. The molecule has 1 unspecified atom stereocenters. The van der Waals surface area contributed by atoms with Gasteiger partial charge in [0.25, 0.3) is 0 Å². The average Bonchev–Trinajstić information content (AvgIpc) is 2.78. The smallest absolute Gasteiger partial charge is 0.134 e. The van der Waals surface area contributed by atoms with Crippen LogP contribution in [0.15, 0.2) is 45.7 Å². The fourth-order valence-electron chi connectivity index (χ4n) is 1.82. The fourth-order valence-corrected chi connectivity index (χ4v) is 2.30. The van der Waals surface area contributed by atoms with E-state index < -0.39 is 0 Å². The lowest BCUT2D eigenvalue weighted by Gasteiger charge is -2.14. The van der Waals surface area contributed by atoms with Gasteiger partial charge in [-0.1, -0.05) is 0 Å². The summed E-state index contributed by atoms with van der Waals surface area (Å²) in [7, 11) is 1.95. The number of halogens is 1. The molecule has 1 atom stereocenters. The number of furan rings is 1. The van der Waals surface area contributed by atoms with E-state index in [4.69, 9.17) is 4.42 Å². The molecule has 1 N–H and O–H groups in total. The summed E-state index contributed by atoms with van der Waals surface area (Å²) in [5.41, 5.74) is 1.29. The Morgan fingerprint density at radius 3 is 2.71 bits per heavy atom. The number of nitrogens with zero attached hydrogens (tertiary/aromatic N) is 1. The summed E-state index contributed by atoms with van der Waals surface area (Å²) in [5.74, 6) is 0.960. The number of aromatic nitrogens is 1. The van der Waals surface area contributed by atoms with E-state index in [0.717, 1.165) is 23.1 Å². The first-order valence-corrected chi connectivity index (χ1v) is 6.39. The molecule has 0 aliphatic carbocycles. The number of hydrogen-bond donors (Lipinski definition) is 1. The minimum Gasteiger partial charge on any atom is -0.466 e. The van der Waals surface area contributed by atoms with Crippen LogP contribution in [0.2, 0.25) is 0 Å². The molecule has 2 aromatic heterocycles. The Bertz CT molecular complexity index is 455. The van der Waals surface area contributed by atoms with E-state index in [0.29, 0.717) is 0 Å². The summed E-state index contributed by atoms with van der Waals surface area (Å²) in [5, 5.41) is 3.28. The van der Waals surface area contributed by atoms with Crippen LogP contribution in [0.1, 0.15) is 23.8 Å². The molecule has 0 aromatic carbocycles. The molecular formula is C13H15BrN2O. The number of rotatable bonds is 5. The molecule has 4 heteroatoms. The minimum absolute atomic E-state index is 0.229. The van der Waals surface area contributed by atoms with Crippen molar-refractivity contribution in [2.24, 2.45) is 0 Å².